The van der Waals surface area contributed by atoms with Crippen LogP contribution in [0.2, 0.25) is 0 Å². The minimum atomic E-state index is -1.68. The first-order valence-electron chi connectivity index (χ1n) is 16.4. The largest absolute Gasteiger partial charge is 0.508 e. The monoisotopic (exact) mass is 713 g/mol. The highest BCUT2D eigenvalue weighted by atomic mass is 16.4. The van der Waals surface area contributed by atoms with Crippen LogP contribution in [0.4, 0.5) is 0 Å². The normalized spacial score (nSPS) is 15.2. The molecule has 2 aromatic carbocycles. The second-order valence-electron chi connectivity index (χ2n) is 12.5. The van der Waals surface area contributed by atoms with Gasteiger partial charge in [0.15, 0.2) is 5.78 Å². The van der Waals surface area contributed by atoms with Gasteiger partial charge in [0.05, 0.1) is 24.8 Å². The predicted molar refractivity (Wildman–Crippen MR) is 182 cm³/mol. The minimum Gasteiger partial charge on any atom is -0.508 e. The van der Waals surface area contributed by atoms with Crippen molar-refractivity contribution in [1.29, 1.82) is 0 Å². The van der Waals surface area contributed by atoms with Gasteiger partial charge in [-0.05, 0) is 56.4 Å². The minimum absolute atomic E-state index is 0.0442. The van der Waals surface area contributed by atoms with Crippen molar-refractivity contribution in [2.75, 3.05) is 6.54 Å². The van der Waals surface area contributed by atoms with Crippen LogP contribution in [0.1, 0.15) is 50.7 Å². The van der Waals surface area contributed by atoms with E-state index in [1.54, 1.807) is 30.3 Å². The van der Waals surface area contributed by atoms with Crippen LogP contribution in [0.5, 0.6) is 5.75 Å². The highest BCUT2D eigenvalue weighted by Gasteiger charge is 2.36. The number of nitrogens with two attached hydrogens (primary N) is 2. The number of benzene rings is 2. The highest BCUT2D eigenvalue weighted by molar-refractivity contribution is 5.96. The summed E-state index contributed by atoms with van der Waals surface area (Å²) < 4.78 is 0. The van der Waals surface area contributed by atoms with Crippen molar-refractivity contribution >= 4 is 41.2 Å². The summed E-state index contributed by atoms with van der Waals surface area (Å²) in [4.78, 5) is 88.6. The summed E-state index contributed by atoms with van der Waals surface area (Å²) in [6, 6.07) is 10.0. The zero-order valence-electron chi connectivity index (χ0n) is 28.5. The number of carboxylic acids is 1. The molecule has 0 radical (unpaired) electrons. The molecular weight excluding hydrogens is 666 g/mol. The summed E-state index contributed by atoms with van der Waals surface area (Å²) in [6.07, 6.45) is -4.47. The maximum atomic E-state index is 13.6. The first-order chi connectivity index (χ1) is 24.0. The van der Waals surface area contributed by atoms with Crippen LogP contribution in [0, 0.1) is 11.8 Å². The number of hydrogen-bond acceptors (Lipinski definition) is 11. The molecule has 0 aliphatic carbocycles. The lowest BCUT2D eigenvalue weighted by atomic mass is 9.89. The summed E-state index contributed by atoms with van der Waals surface area (Å²) in [5.41, 5.74) is 12.2. The quantitative estimate of drug-likeness (QED) is 0.0700. The number of hydrogen-bond donors (Lipinski definition) is 9. The van der Waals surface area contributed by atoms with E-state index in [1.807, 2.05) is 0 Å². The number of amides is 4. The summed E-state index contributed by atoms with van der Waals surface area (Å²) in [5, 5.41) is 46.7. The number of primary amides is 1. The molecule has 0 saturated heterocycles. The SMILES string of the molecule is C[C@@H](O)C(NC(=O)[C@@H](CC(=O)[C@@H](N)CCC(=O)O)Cc1ccc(O)cc1)C(=O)N[C@H](C(=O)C[C@@H](Cc1ccccc1)C(=O)NCC(N)=O)[C@@H](C)O. The number of phenolic OH excluding ortho intramolecular Hbond substituents is 1. The third kappa shape index (κ3) is 14.7. The van der Waals surface area contributed by atoms with Crippen LogP contribution in [-0.4, -0.2) is 98.5 Å². The van der Waals surface area contributed by atoms with E-state index in [9.17, 15) is 48.9 Å². The molecule has 0 bridgehead atoms. The molecule has 0 heterocycles. The predicted octanol–water partition coefficient (Wildman–Crippen LogP) is -1.15. The number of carbonyl (C=O) groups excluding carboxylic acids is 6. The number of carbonyl (C=O) groups is 7. The molecule has 7 atom stereocenters. The van der Waals surface area contributed by atoms with Gasteiger partial charge < -0.3 is 47.8 Å². The zero-order valence-corrected chi connectivity index (χ0v) is 28.5. The summed E-state index contributed by atoms with van der Waals surface area (Å²) in [6.45, 7) is 1.95. The number of aromatic hydroxyl groups is 1. The van der Waals surface area contributed by atoms with Crippen LogP contribution in [0.25, 0.3) is 0 Å². The molecule has 11 N–H and O–H groups in total. The maximum absolute atomic E-state index is 13.6. The van der Waals surface area contributed by atoms with Crippen molar-refractivity contribution in [2.45, 2.75) is 82.7 Å². The van der Waals surface area contributed by atoms with Crippen molar-refractivity contribution in [3.63, 3.8) is 0 Å². The summed E-state index contributed by atoms with van der Waals surface area (Å²) >= 11 is 0. The van der Waals surface area contributed by atoms with Gasteiger partial charge in [-0.25, -0.2) is 0 Å². The number of aliphatic carboxylic acids is 1. The van der Waals surface area contributed by atoms with Crippen LogP contribution >= 0.6 is 0 Å². The summed E-state index contributed by atoms with van der Waals surface area (Å²) in [5.74, 6) is -8.11. The molecule has 2 aromatic rings. The third-order valence-electron chi connectivity index (χ3n) is 8.09. The number of aliphatic hydroxyl groups is 2. The average Bonchev–Trinajstić information content (AvgIpc) is 3.07. The van der Waals surface area contributed by atoms with Crippen molar-refractivity contribution < 1.29 is 54.0 Å². The van der Waals surface area contributed by atoms with Gasteiger partial charge in [-0.3, -0.25) is 33.6 Å². The molecule has 278 valence electrons. The van der Waals surface area contributed by atoms with E-state index < -0.39 is 103 Å². The Hall–Kier alpha value is -5.19. The van der Waals surface area contributed by atoms with Gasteiger partial charge in [-0.15, -0.1) is 0 Å². The van der Waals surface area contributed by atoms with E-state index in [1.165, 1.54) is 38.1 Å². The lowest BCUT2D eigenvalue weighted by Gasteiger charge is -2.28. The van der Waals surface area contributed by atoms with E-state index >= 15 is 0 Å². The van der Waals surface area contributed by atoms with Crippen LogP contribution in [-0.2, 0) is 46.4 Å². The van der Waals surface area contributed by atoms with E-state index in [4.69, 9.17) is 16.6 Å². The number of Topliss-reactive ketones (excluding diaryl/α,β-unsaturated/α-hetero) is 2. The van der Waals surface area contributed by atoms with Gasteiger partial charge in [0.1, 0.15) is 23.6 Å². The number of carboxylic acid groups (broad SMARTS) is 1. The Morgan fingerprint density at radius 2 is 1.22 bits per heavy atom. The number of ketones is 2. The van der Waals surface area contributed by atoms with Gasteiger partial charge >= 0.3 is 5.97 Å². The van der Waals surface area contributed by atoms with Gasteiger partial charge in [-0.2, -0.15) is 0 Å². The van der Waals surface area contributed by atoms with E-state index in [2.05, 4.69) is 16.0 Å². The topological polar surface area (TPSA) is 289 Å². The lowest BCUT2D eigenvalue weighted by Crippen LogP contribution is -2.59. The highest BCUT2D eigenvalue weighted by Crippen LogP contribution is 2.19. The lowest BCUT2D eigenvalue weighted by molar-refractivity contribution is -0.138. The van der Waals surface area contributed by atoms with Crippen molar-refractivity contribution in [3.8, 4) is 5.75 Å². The maximum Gasteiger partial charge on any atom is 0.303 e. The van der Waals surface area contributed by atoms with Crippen LogP contribution in [0.3, 0.4) is 0 Å². The van der Waals surface area contributed by atoms with Gasteiger partial charge in [0.25, 0.3) is 0 Å². The Labute approximate surface area is 295 Å². The molecule has 4 amide bonds. The van der Waals surface area contributed by atoms with Gasteiger partial charge in [-0.1, -0.05) is 42.5 Å². The molecule has 2 rings (SSSR count). The third-order valence-corrected chi connectivity index (χ3v) is 8.09. The molecule has 1 unspecified atom stereocenters. The number of rotatable bonds is 22. The molecule has 16 heteroatoms. The Bertz CT molecular complexity index is 1520. The van der Waals surface area contributed by atoms with Crippen molar-refractivity contribution in [2.24, 2.45) is 23.3 Å². The fourth-order valence-electron chi connectivity index (χ4n) is 5.24. The standard InChI is InChI=1S/C35H47N5O11/c1-19(41)31(28(45)17-23(33(49)38-18-29(37)46)14-21-6-4-3-5-7-21)39-35(51)32(20(2)42)40-34(50)24(15-22-8-10-25(43)11-9-22)16-27(44)26(36)12-13-30(47)48/h3-11,19-20,23-24,26,31-32,41-43H,12-18,36H2,1-2H3,(H2,37,46)(H,38,49)(H,39,51)(H,40,50)(H,47,48)/t19-,20-,23-,24-,26+,31+,32?/m1/s1. The first kappa shape index (κ1) is 42.0. The van der Waals surface area contributed by atoms with Gasteiger partial charge in [0.2, 0.25) is 23.6 Å². The molecule has 0 aliphatic heterocycles. The fraction of sp³-hybridized carbons (Fsp3) is 0.457. The number of aliphatic hydroxyl groups excluding tert-OH is 2. The van der Waals surface area contributed by atoms with Crippen molar-refractivity contribution in [1.82, 2.24) is 16.0 Å². The van der Waals surface area contributed by atoms with E-state index in [0.29, 0.717) is 11.1 Å². The molecular formula is C35H47N5O11. The fourth-order valence-corrected chi connectivity index (χ4v) is 5.24. The Morgan fingerprint density at radius 3 is 1.75 bits per heavy atom. The molecule has 16 nitrogen and oxygen atoms in total. The van der Waals surface area contributed by atoms with Crippen molar-refractivity contribution in [3.05, 3.63) is 65.7 Å². The Kier molecular flexibility index (Phi) is 16.9. The molecule has 0 aromatic heterocycles. The molecule has 0 spiro atoms. The zero-order chi connectivity index (χ0) is 38.2. The molecule has 0 fully saturated rings. The molecule has 51 heavy (non-hydrogen) atoms. The average molecular weight is 714 g/mol. The Balaban J connectivity index is 2.27. The van der Waals surface area contributed by atoms with E-state index in [-0.39, 0.29) is 31.4 Å². The second kappa shape index (κ2) is 20.5. The van der Waals surface area contributed by atoms with Gasteiger partial charge in [0, 0.05) is 31.1 Å². The Morgan fingerprint density at radius 1 is 0.706 bits per heavy atom. The first-order valence-corrected chi connectivity index (χ1v) is 16.4. The molecule has 0 saturated carbocycles. The second-order valence-corrected chi connectivity index (χ2v) is 12.5. The molecule has 0 aliphatic rings. The number of phenols is 1. The number of nitrogens with one attached hydrogen (secondary N) is 3. The van der Waals surface area contributed by atoms with Crippen LogP contribution in [0.15, 0.2) is 54.6 Å². The smallest absolute Gasteiger partial charge is 0.303 e. The summed E-state index contributed by atoms with van der Waals surface area (Å²) in [7, 11) is 0. The van der Waals surface area contributed by atoms with E-state index in [0.717, 1.165) is 0 Å². The van der Waals surface area contributed by atoms with Crippen LogP contribution < -0.4 is 27.4 Å².